The Morgan fingerprint density at radius 2 is 0.767 bits per heavy atom. The number of aromatic nitrogens is 2. The van der Waals surface area contributed by atoms with Crippen molar-refractivity contribution in [1.29, 1.82) is 0 Å². The van der Waals surface area contributed by atoms with Crippen LogP contribution in [0.25, 0.3) is 75.8 Å². The van der Waals surface area contributed by atoms with Crippen molar-refractivity contribution in [2.75, 3.05) is 0 Å². The van der Waals surface area contributed by atoms with Crippen molar-refractivity contribution in [3.8, 4) is 55.6 Å². The summed E-state index contributed by atoms with van der Waals surface area (Å²) < 4.78 is 2.64. The highest BCUT2D eigenvalue weighted by Crippen LogP contribution is 2.44. The zero-order valence-corrected chi connectivity index (χ0v) is 24.1. The van der Waals surface area contributed by atoms with Crippen molar-refractivity contribution in [3.63, 3.8) is 0 Å². The minimum Gasteiger partial charge on any atom is -0.264 e. The molecule has 3 aromatic heterocycles. The van der Waals surface area contributed by atoms with Crippen LogP contribution in [0.2, 0.25) is 0 Å². The third kappa shape index (κ3) is 4.61. The second-order valence-corrected chi connectivity index (χ2v) is 11.7. The summed E-state index contributed by atoms with van der Waals surface area (Å²) >= 11 is 1.89. The molecule has 0 spiro atoms. The molecule has 0 N–H and O–H groups in total. The number of hydrogen-bond donors (Lipinski definition) is 0. The number of benzene rings is 5. The number of rotatable bonds is 5. The lowest BCUT2D eigenvalue weighted by Crippen LogP contribution is -1.86. The van der Waals surface area contributed by atoms with Crippen molar-refractivity contribution in [2.24, 2.45) is 0 Å². The number of thiophene rings is 1. The molecule has 0 radical (unpaired) electrons. The molecule has 3 heteroatoms. The molecule has 8 aromatic rings. The van der Waals surface area contributed by atoms with Gasteiger partial charge < -0.3 is 0 Å². The molecule has 2 nitrogen and oxygen atoms in total. The second-order valence-electron chi connectivity index (χ2n) is 10.7. The van der Waals surface area contributed by atoms with E-state index in [9.17, 15) is 0 Å². The quantitative estimate of drug-likeness (QED) is 0.207. The lowest BCUT2D eigenvalue weighted by Gasteiger charge is -2.11. The average Bonchev–Trinajstić information content (AvgIpc) is 3.49. The van der Waals surface area contributed by atoms with E-state index in [1.165, 1.54) is 64.7 Å². The summed E-state index contributed by atoms with van der Waals surface area (Å²) in [5, 5.41) is 2.61. The zero-order chi connectivity index (χ0) is 28.6. The van der Waals surface area contributed by atoms with E-state index in [1.807, 2.05) is 48.3 Å². The van der Waals surface area contributed by atoms with Crippen molar-refractivity contribution >= 4 is 31.5 Å². The number of fused-ring (bicyclic) bond motifs is 3. The molecule has 0 saturated carbocycles. The molecule has 0 aliphatic rings. The van der Waals surface area contributed by atoms with Gasteiger partial charge in [-0.1, -0.05) is 121 Å². The van der Waals surface area contributed by atoms with Crippen LogP contribution in [0.1, 0.15) is 0 Å². The fourth-order valence-corrected chi connectivity index (χ4v) is 7.36. The summed E-state index contributed by atoms with van der Waals surface area (Å²) in [6.07, 6.45) is 7.47. The third-order valence-corrected chi connectivity index (χ3v) is 9.41. The predicted molar refractivity (Wildman–Crippen MR) is 182 cm³/mol. The van der Waals surface area contributed by atoms with Gasteiger partial charge in [-0.25, -0.2) is 0 Å². The van der Waals surface area contributed by atoms with Crippen LogP contribution >= 0.6 is 11.3 Å². The monoisotopic (exact) mass is 566 g/mol. The van der Waals surface area contributed by atoms with Gasteiger partial charge in [-0.3, -0.25) is 9.97 Å². The van der Waals surface area contributed by atoms with Crippen molar-refractivity contribution < 1.29 is 0 Å². The molecule has 202 valence electrons. The van der Waals surface area contributed by atoms with Gasteiger partial charge in [0.1, 0.15) is 0 Å². The Morgan fingerprint density at radius 1 is 0.326 bits per heavy atom. The van der Waals surface area contributed by atoms with Gasteiger partial charge in [-0.05, 0) is 62.2 Å². The van der Waals surface area contributed by atoms with Gasteiger partial charge in [0.05, 0.1) is 0 Å². The Labute approximate surface area is 254 Å². The molecule has 3 heterocycles. The molecule has 43 heavy (non-hydrogen) atoms. The largest absolute Gasteiger partial charge is 0.264 e. The summed E-state index contributed by atoms with van der Waals surface area (Å²) in [6, 6.07) is 47.9. The number of nitrogens with zero attached hydrogens (tertiary/aromatic N) is 2. The van der Waals surface area contributed by atoms with Gasteiger partial charge in [0.15, 0.2) is 0 Å². The third-order valence-electron chi connectivity index (χ3n) is 8.12. The SMILES string of the molecule is c1cncc(-c2ccc(-c3cccc4c3sc3c(-c5ccc(-c6ccccc6-c6cccnc6)cc5)cccc34)cc2)c1. The molecule has 0 atom stereocenters. The van der Waals surface area contributed by atoms with E-state index in [0.29, 0.717) is 0 Å². The van der Waals surface area contributed by atoms with Crippen LogP contribution in [0, 0.1) is 0 Å². The van der Waals surface area contributed by atoms with E-state index >= 15 is 0 Å². The minimum atomic E-state index is 1.12. The molecular formula is C40H26N2S. The van der Waals surface area contributed by atoms with Crippen LogP contribution in [0.5, 0.6) is 0 Å². The summed E-state index contributed by atoms with van der Waals surface area (Å²) in [6.45, 7) is 0. The van der Waals surface area contributed by atoms with Crippen LogP contribution in [-0.2, 0) is 0 Å². The molecule has 5 aromatic carbocycles. The molecule has 0 saturated heterocycles. The number of pyridine rings is 2. The van der Waals surface area contributed by atoms with Crippen LogP contribution in [-0.4, -0.2) is 9.97 Å². The summed E-state index contributed by atoms with van der Waals surface area (Å²) in [4.78, 5) is 8.61. The summed E-state index contributed by atoms with van der Waals surface area (Å²) in [5.74, 6) is 0. The lowest BCUT2D eigenvalue weighted by atomic mass is 9.94. The van der Waals surface area contributed by atoms with E-state index in [4.69, 9.17) is 0 Å². The van der Waals surface area contributed by atoms with Crippen LogP contribution in [0.3, 0.4) is 0 Å². The first-order valence-corrected chi connectivity index (χ1v) is 15.2. The molecule has 0 fully saturated rings. The smallest absolute Gasteiger partial charge is 0.0434 e. The fraction of sp³-hybridized carbons (Fsp3) is 0. The first kappa shape index (κ1) is 25.3. The minimum absolute atomic E-state index is 1.12. The topological polar surface area (TPSA) is 25.8 Å². The van der Waals surface area contributed by atoms with E-state index in [1.54, 1.807) is 0 Å². The highest BCUT2D eigenvalue weighted by Gasteiger charge is 2.14. The Morgan fingerprint density at radius 3 is 1.28 bits per heavy atom. The standard InChI is InChI=1S/C40H26N2S/c1-2-10-34(32-8-6-24-42-26-32)33(9-1)28-19-21-30(22-20-28)36-12-4-14-38-37-13-3-11-35(39(37)43-40(36)38)29-17-15-27(16-18-29)31-7-5-23-41-25-31/h1-26H. The first-order valence-electron chi connectivity index (χ1n) is 14.4. The van der Waals surface area contributed by atoms with E-state index in [2.05, 4.69) is 131 Å². The van der Waals surface area contributed by atoms with Crippen molar-refractivity contribution in [1.82, 2.24) is 9.97 Å². The van der Waals surface area contributed by atoms with Gasteiger partial charge in [0.25, 0.3) is 0 Å². The highest BCUT2D eigenvalue weighted by molar-refractivity contribution is 7.26. The normalized spacial score (nSPS) is 11.3. The van der Waals surface area contributed by atoms with Crippen LogP contribution in [0.15, 0.2) is 158 Å². The maximum Gasteiger partial charge on any atom is 0.0434 e. The van der Waals surface area contributed by atoms with Gasteiger partial charge in [0.2, 0.25) is 0 Å². The Bertz CT molecular complexity index is 2200. The van der Waals surface area contributed by atoms with Gasteiger partial charge in [-0.2, -0.15) is 0 Å². The first-order chi connectivity index (χ1) is 21.3. The second kappa shape index (κ2) is 10.8. The summed E-state index contributed by atoms with van der Waals surface area (Å²) in [7, 11) is 0. The fourth-order valence-electron chi connectivity index (χ4n) is 5.99. The number of hydrogen-bond acceptors (Lipinski definition) is 3. The maximum atomic E-state index is 4.34. The molecule has 8 rings (SSSR count). The van der Waals surface area contributed by atoms with Gasteiger partial charge in [0, 0.05) is 50.5 Å². The predicted octanol–water partition coefficient (Wildman–Crippen LogP) is 11.2. The molecule has 0 bridgehead atoms. The van der Waals surface area contributed by atoms with Crippen LogP contribution < -0.4 is 0 Å². The van der Waals surface area contributed by atoms with Gasteiger partial charge >= 0.3 is 0 Å². The lowest BCUT2D eigenvalue weighted by molar-refractivity contribution is 1.33. The Kier molecular flexibility index (Phi) is 6.36. The highest BCUT2D eigenvalue weighted by atomic mass is 32.1. The molecule has 0 unspecified atom stereocenters. The van der Waals surface area contributed by atoms with E-state index in [-0.39, 0.29) is 0 Å². The molecule has 0 aliphatic heterocycles. The van der Waals surface area contributed by atoms with E-state index in [0.717, 1.165) is 11.1 Å². The molecule has 0 aliphatic carbocycles. The average molecular weight is 567 g/mol. The van der Waals surface area contributed by atoms with Crippen LogP contribution in [0.4, 0.5) is 0 Å². The molecular weight excluding hydrogens is 541 g/mol. The van der Waals surface area contributed by atoms with E-state index < -0.39 is 0 Å². The van der Waals surface area contributed by atoms with Crippen molar-refractivity contribution in [2.45, 2.75) is 0 Å². The zero-order valence-electron chi connectivity index (χ0n) is 23.3. The maximum absolute atomic E-state index is 4.34. The Hall–Kier alpha value is -5.38. The van der Waals surface area contributed by atoms with Gasteiger partial charge in [-0.15, -0.1) is 11.3 Å². The summed E-state index contributed by atoms with van der Waals surface area (Å²) in [5.41, 5.74) is 12.0. The van der Waals surface area contributed by atoms with Crippen molar-refractivity contribution in [3.05, 3.63) is 158 Å². The molecule has 0 amide bonds. The Balaban J connectivity index is 1.19.